The maximum Gasteiger partial charge on any atom is 0.330 e. The number of fused-ring (bicyclic) bond motifs is 1. The van der Waals surface area contributed by atoms with Crippen molar-refractivity contribution in [2.45, 2.75) is 72.5 Å². The minimum Gasteiger partial charge on any atom is -0.350 e. The van der Waals surface area contributed by atoms with Gasteiger partial charge in [-0.05, 0) is 30.9 Å². The molecule has 0 bridgehead atoms. The van der Waals surface area contributed by atoms with Gasteiger partial charge in [0.25, 0.3) is 5.56 Å². The lowest BCUT2D eigenvalue weighted by atomic mass is 10.1. The molecule has 172 valence electrons. The van der Waals surface area contributed by atoms with Crippen molar-refractivity contribution >= 4 is 17.1 Å². The number of nitrogens with zero attached hydrogens (tertiary/aromatic N) is 4. The maximum absolute atomic E-state index is 12.7. The van der Waals surface area contributed by atoms with Gasteiger partial charge in [0.15, 0.2) is 11.2 Å². The number of H-pyrrole nitrogens is 1. The van der Waals surface area contributed by atoms with Crippen LogP contribution in [-0.2, 0) is 24.3 Å². The third-order valence-electron chi connectivity index (χ3n) is 5.39. The van der Waals surface area contributed by atoms with E-state index in [0.29, 0.717) is 36.5 Å². The van der Waals surface area contributed by atoms with Crippen LogP contribution in [0.5, 0.6) is 0 Å². The summed E-state index contributed by atoms with van der Waals surface area (Å²) in [5.74, 6) is 0.794. The van der Waals surface area contributed by atoms with Crippen LogP contribution in [0.1, 0.15) is 64.4 Å². The molecule has 2 N–H and O–H groups in total. The fourth-order valence-electron chi connectivity index (χ4n) is 3.75. The SMILES string of the molecule is CCCCn1c(=O)[nH]c(=O)c2c1nc(CCC(=O)NC(C)c1cccnc1)n2CC(C)C. The van der Waals surface area contributed by atoms with Crippen LogP contribution >= 0.6 is 0 Å². The lowest BCUT2D eigenvalue weighted by molar-refractivity contribution is -0.121. The lowest BCUT2D eigenvalue weighted by Gasteiger charge is -2.14. The number of nitrogens with one attached hydrogen (secondary N) is 2. The van der Waals surface area contributed by atoms with Crippen molar-refractivity contribution in [3.05, 3.63) is 56.8 Å². The molecule has 32 heavy (non-hydrogen) atoms. The zero-order chi connectivity index (χ0) is 23.3. The second kappa shape index (κ2) is 10.4. The molecule has 0 saturated carbocycles. The van der Waals surface area contributed by atoms with Crippen molar-refractivity contribution in [1.82, 2.24) is 29.4 Å². The van der Waals surface area contributed by atoms with Gasteiger partial charge >= 0.3 is 5.69 Å². The standard InChI is InChI=1S/C23H32N6O3/c1-5-6-12-28-21-20(22(31)27-23(28)32)29(14-15(2)3)18(26-21)9-10-19(30)25-16(4)17-8-7-11-24-13-17/h7-8,11,13,15-16H,5-6,9-10,12,14H2,1-4H3,(H,25,30)(H,27,31,32). The summed E-state index contributed by atoms with van der Waals surface area (Å²) in [4.78, 5) is 48.9. The summed E-state index contributed by atoms with van der Waals surface area (Å²) in [7, 11) is 0. The number of imidazole rings is 1. The van der Waals surface area contributed by atoms with Gasteiger partial charge in [-0.3, -0.25) is 24.1 Å². The van der Waals surface area contributed by atoms with Gasteiger partial charge < -0.3 is 9.88 Å². The lowest BCUT2D eigenvalue weighted by Crippen LogP contribution is -2.31. The molecule has 9 nitrogen and oxygen atoms in total. The minimum atomic E-state index is -0.445. The topological polar surface area (TPSA) is 115 Å². The fraction of sp³-hybridized carbons (Fsp3) is 0.522. The van der Waals surface area contributed by atoms with Gasteiger partial charge in [-0.2, -0.15) is 0 Å². The first-order valence-corrected chi connectivity index (χ1v) is 11.2. The molecule has 0 saturated heterocycles. The number of aromatic amines is 1. The van der Waals surface area contributed by atoms with E-state index in [2.05, 4.69) is 34.1 Å². The molecule has 1 unspecified atom stereocenters. The van der Waals surface area contributed by atoms with E-state index in [4.69, 9.17) is 0 Å². The highest BCUT2D eigenvalue weighted by Crippen LogP contribution is 2.17. The summed E-state index contributed by atoms with van der Waals surface area (Å²) in [5, 5.41) is 2.98. The monoisotopic (exact) mass is 440 g/mol. The number of hydrogen-bond acceptors (Lipinski definition) is 5. The molecule has 3 aromatic rings. The quantitative estimate of drug-likeness (QED) is 0.503. The van der Waals surface area contributed by atoms with Gasteiger partial charge in [0.1, 0.15) is 5.82 Å². The van der Waals surface area contributed by atoms with Crippen LogP contribution in [0.4, 0.5) is 0 Å². The summed E-state index contributed by atoms with van der Waals surface area (Å²) >= 11 is 0. The van der Waals surface area contributed by atoms with E-state index in [0.717, 1.165) is 18.4 Å². The molecule has 9 heteroatoms. The fourth-order valence-corrected chi connectivity index (χ4v) is 3.75. The Balaban J connectivity index is 1.88. The second-order valence-electron chi connectivity index (χ2n) is 8.54. The zero-order valence-corrected chi connectivity index (χ0v) is 19.2. The van der Waals surface area contributed by atoms with Crippen LogP contribution in [0.2, 0.25) is 0 Å². The Morgan fingerprint density at radius 2 is 2.00 bits per heavy atom. The maximum atomic E-state index is 12.7. The van der Waals surface area contributed by atoms with Gasteiger partial charge in [0, 0.05) is 38.3 Å². The Morgan fingerprint density at radius 3 is 2.66 bits per heavy atom. The number of hydrogen-bond donors (Lipinski definition) is 2. The minimum absolute atomic E-state index is 0.109. The molecule has 0 aliphatic rings. The van der Waals surface area contributed by atoms with Gasteiger partial charge in [-0.15, -0.1) is 0 Å². The molecule has 3 heterocycles. The molecular formula is C23H32N6O3. The van der Waals surface area contributed by atoms with Crippen LogP contribution in [0, 0.1) is 5.92 Å². The van der Waals surface area contributed by atoms with Crippen LogP contribution < -0.4 is 16.6 Å². The number of aryl methyl sites for hydroxylation is 2. The Kier molecular flexibility index (Phi) is 7.61. The molecule has 1 amide bonds. The number of carbonyl (C=O) groups excluding carboxylic acids is 1. The highest BCUT2D eigenvalue weighted by molar-refractivity contribution is 5.77. The van der Waals surface area contributed by atoms with Gasteiger partial charge in [0.2, 0.25) is 5.91 Å². The Labute approximate surface area is 186 Å². The Hall–Kier alpha value is -3.23. The number of aromatic nitrogens is 5. The third-order valence-corrected chi connectivity index (χ3v) is 5.39. The van der Waals surface area contributed by atoms with E-state index in [1.165, 1.54) is 4.57 Å². The summed E-state index contributed by atoms with van der Waals surface area (Å²) in [6, 6.07) is 3.59. The molecule has 1 atom stereocenters. The first-order valence-electron chi connectivity index (χ1n) is 11.2. The number of pyridine rings is 1. The summed E-state index contributed by atoms with van der Waals surface area (Å²) in [6.07, 6.45) is 5.75. The molecule has 0 spiro atoms. The van der Waals surface area contributed by atoms with E-state index < -0.39 is 11.2 Å². The highest BCUT2D eigenvalue weighted by Gasteiger charge is 2.20. The van der Waals surface area contributed by atoms with Crippen LogP contribution in [0.3, 0.4) is 0 Å². The highest BCUT2D eigenvalue weighted by atomic mass is 16.2. The van der Waals surface area contributed by atoms with Crippen molar-refractivity contribution in [1.29, 1.82) is 0 Å². The van der Waals surface area contributed by atoms with Crippen LogP contribution in [0.25, 0.3) is 11.2 Å². The average molecular weight is 441 g/mol. The summed E-state index contributed by atoms with van der Waals surface area (Å²) in [6.45, 7) is 9.13. The van der Waals surface area contributed by atoms with Crippen LogP contribution in [0.15, 0.2) is 34.1 Å². The first kappa shape index (κ1) is 23.4. The van der Waals surface area contributed by atoms with Gasteiger partial charge in [0.05, 0.1) is 6.04 Å². The molecule has 0 aliphatic carbocycles. The largest absolute Gasteiger partial charge is 0.350 e. The molecular weight excluding hydrogens is 408 g/mol. The number of amides is 1. The predicted molar refractivity (Wildman–Crippen MR) is 123 cm³/mol. The second-order valence-corrected chi connectivity index (χ2v) is 8.54. The average Bonchev–Trinajstić information content (AvgIpc) is 3.10. The van der Waals surface area contributed by atoms with Crippen molar-refractivity contribution in [3.63, 3.8) is 0 Å². The van der Waals surface area contributed by atoms with E-state index >= 15 is 0 Å². The molecule has 0 aliphatic heterocycles. The van der Waals surface area contributed by atoms with Crippen molar-refractivity contribution in [2.24, 2.45) is 5.92 Å². The van der Waals surface area contributed by atoms with E-state index in [1.54, 1.807) is 12.4 Å². The molecule has 0 fully saturated rings. The zero-order valence-electron chi connectivity index (χ0n) is 19.2. The van der Waals surface area contributed by atoms with E-state index in [9.17, 15) is 14.4 Å². The van der Waals surface area contributed by atoms with Crippen LogP contribution in [-0.4, -0.2) is 30.0 Å². The van der Waals surface area contributed by atoms with E-state index in [1.807, 2.05) is 30.5 Å². The Bertz CT molecular complexity index is 1180. The Morgan fingerprint density at radius 1 is 1.22 bits per heavy atom. The third kappa shape index (κ3) is 5.33. The molecule has 3 rings (SSSR count). The summed E-state index contributed by atoms with van der Waals surface area (Å²) in [5.41, 5.74) is 0.839. The van der Waals surface area contributed by atoms with Crippen molar-refractivity contribution < 1.29 is 4.79 Å². The number of carbonyl (C=O) groups is 1. The summed E-state index contributed by atoms with van der Waals surface area (Å²) < 4.78 is 3.39. The van der Waals surface area contributed by atoms with Crippen molar-refractivity contribution in [3.8, 4) is 0 Å². The van der Waals surface area contributed by atoms with Gasteiger partial charge in [-0.25, -0.2) is 9.78 Å². The number of rotatable bonds is 10. The molecule has 3 aromatic heterocycles. The van der Waals surface area contributed by atoms with Gasteiger partial charge in [-0.1, -0.05) is 33.3 Å². The van der Waals surface area contributed by atoms with Crippen molar-refractivity contribution in [2.75, 3.05) is 0 Å². The smallest absolute Gasteiger partial charge is 0.330 e. The van der Waals surface area contributed by atoms with E-state index in [-0.39, 0.29) is 24.3 Å². The molecule has 0 radical (unpaired) electrons. The normalized spacial score (nSPS) is 12.4. The number of unbranched alkanes of at least 4 members (excludes halogenated alkanes) is 1. The predicted octanol–water partition coefficient (Wildman–Crippen LogP) is 2.55. The first-order chi connectivity index (χ1) is 15.3. The molecule has 0 aromatic carbocycles.